The van der Waals surface area contributed by atoms with Crippen molar-refractivity contribution in [3.63, 3.8) is 0 Å². The van der Waals surface area contributed by atoms with E-state index >= 15 is 0 Å². The molecule has 4 nitrogen and oxygen atoms in total. The second kappa shape index (κ2) is 6.79. The van der Waals surface area contributed by atoms with Gasteiger partial charge in [-0.3, -0.25) is 0 Å². The molecule has 0 fully saturated rings. The van der Waals surface area contributed by atoms with Crippen molar-refractivity contribution in [1.82, 2.24) is 9.97 Å². The summed E-state index contributed by atoms with van der Waals surface area (Å²) in [7, 11) is 0. The molecule has 3 aromatic rings. The summed E-state index contributed by atoms with van der Waals surface area (Å²) in [5, 5.41) is 3.32. The summed E-state index contributed by atoms with van der Waals surface area (Å²) >= 11 is 0. The SMILES string of the molecule is CC(C)c1ccc(Nc2nccc(N3c4ccccc4CC3C)n2)cc1. The van der Waals surface area contributed by atoms with Crippen molar-refractivity contribution in [2.45, 2.75) is 39.2 Å². The van der Waals surface area contributed by atoms with E-state index < -0.39 is 0 Å². The molecule has 0 amide bonds. The molecule has 0 saturated heterocycles. The van der Waals surface area contributed by atoms with Gasteiger partial charge in [0.15, 0.2) is 0 Å². The van der Waals surface area contributed by atoms with E-state index in [9.17, 15) is 0 Å². The number of hydrogen-bond acceptors (Lipinski definition) is 4. The molecular weight excluding hydrogens is 320 g/mol. The number of hydrogen-bond donors (Lipinski definition) is 1. The van der Waals surface area contributed by atoms with Gasteiger partial charge in [0.05, 0.1) is 0 Å². The van der Waals surface area contributed by atoms with Crippen molar-refractivity contribution in [3.05, 3.63) is 71.9 Å². The molecule has 4 heteroatoms. The summed E-state index contributed by atoms with van der Waals surface area (Å²) in [5.74, 6) is 2.08. The van der Waals surface area contributed by atoms with Gasteiger partial charge in [-0.2, -0.15) is 4.98 Å². The van der Waals surface area contributed by atoms with Crippen molar-refractivity contribution >= 4 is 23.1 Å². The summed E-state index contributed by atoms with van der Waals surface area (Å²) in [4.78, 5) is 11.5. The Morgan fingerprint density at radius 2 is 1.81 bits per heavy atom. The van der Waals surface area contributed by atoms with Gasteiger partial charge in [-0.05, 0) is 54.7 Å². The van der Waals surface area contributed by atoms with Gasteiger partial charge in [0.1, 0.15) is 5.82 Å². The molecule has 0 aliphatic carbocycles. The standard InChI is InChI=1S/C22H24N4/c1-15(2)17-8-10-19(11-9-17)24-22-23-13-12-21(25-22)26-16(3)14-18-6-4-5-7-20(18)26/h4-13,15-16H,14H2,1-3H3,(H,23,24,25). The Morgan fingerprint density at radius 1 is 1.04 bits per heavy atom. The largest absolute Gasteiger partial charge is 0.324 e. The van der Waals surface area contributed by atoms with Crippen molar-refractivity contribution in [2.75, 3.05) is 10.2 Å². The highest BCUT2D eigenvalue weighted by molar-refractivity contribution is 5.69. The zero-order valence-electron chi connectivity index (χ0n) is 15.5. The molecule has 2 heterocycles. The van der Waals surface area contributed by atoms with Crippen LogP contribution in [-0.4, -0.2) is 16.0 Å². The number of fused-ring (bicyclic) bond motifs is 1. The highest BCUT2D eigenvalue weighted by Gasteiger charge is 2.27. The van der Waals surface area contributed by atoms with Crippen LogP contribution in [0.5, 0.6) is 0 Å². The van der Waals surface area contributed by atoms with Gasteiger partial charge in [-0.1, -0.05) is 44.2 Å². The minimum atomic E-state index is 0.389. The number of aromatic nitrogens is 2. The molecule has 2 aromatic carbocycles. The van der Waals surface area contributed by atoms with Gasteiger partial charge in [-0.25, -0.2) is 4.98 Å². The molecule has 1 N–H and O–H groups in total. The molecule has 0 radical (unpaired) electrons. The maximum Gasteiger partial charge on any atom is 0.229 e. The van der Waals surface area contributed by atoms with Crippen LogP contribution in [0.15, 0.2) is 60.8 Å². The molecule has 1 atom stereocenters. The first kappa shape index (κ1) is 16.6. The first-order valence-corrected chi connectivity index (χ1v) is 9.19. The summed E-state index contributed by atoms with van der Waals surface area (Å²) in [5.41, 5.74) is 4.94. The molecule has 4 rings (SSSR count). The van der Waals surface area contributed by atoms with Crippen LogP contribution >= 0.6 is 0 Å². The number of nitrogens with zero attached hydrogens (tertiary/aromatic N) is 3. The fourth-order valence-corrected chi connectivity index (χ4v) is 3.54. The molecular formula is C22H24N4. The molecule has 1 aromatic heterocycles. The molecule has 26 heavy (non-hydrogen) atoms. The van der Waals surface area contributed by atoms with Crippen LogP contribution in [0.1, 0.15) is 37.8 Å². The lowest BCUT2D eigenvalue weighted by atomic mass is 10.0. The Morgan fingerprint density at radius 3 is 2.58 bits per heavy atom. The van der Waals surface area contributed by atoms with E-state index in [-0.39, 0.29) is 0 Å². The zero-order chi connectivity index (χ0) is 18.1. The first-order chi connectivity index (χ1) is 12.6. The number of rotatable bonds is 4. The molecule has 0 spiro atoms. The van der Waals surface area contributed by atoms with E-state index in [2.05, 4.69) is 84.5 Å². The number of nitrogens with one attached hydrogen (secondary N) is 1. The van der Waals surface area contributed by atoms with E-state index in [1.165, 1.54) is 16.8 Å². The zero-order valence-corrected chi connectivity index (χ0v) is 15.5. The van der Waals surface area contributed by atoms with Crippen LogP contribution < -0.4 is 10.2 Å². The van der Waals surface area contributed by atoms with E-state index in [0.717, 1.165) is 17.9 Å². The fraction of sp³-hybridized carbons (Fsp3) is 0.273. The third kappa shape index (κ3) is 3.15. The van der Waals surface area contributed by atoms with Crippen molar-refractivity contribution < 1.29 is 0 Å². The van der Waals surface area contributed by atoms with Gasteiger partial charge >= 0.3 is 0 Å². The third-order valence-corrected chi connectivity index (χ3v) is 4.93. The Kier molecular flexibility index (Phi) is 4.33. The fourth-order valence-electron chi connectivity index (χ4n) is 3.54. The predicted molar refractivity (Wildman–Crippen MR) is 108 cm³/mol. The van der Waals surface area contributed by atoms with Gasteiger partial charge in [0.25, 0.3) is 0 Å². The second-order valence-electron chi connectivity index (χ2n) is 7.19. The molecule has 1 unspecified atom stereocenters. The maximum absolute atomic E-state index is 4.76. The Balaban J connectivity index is 1.59. The van der Waals surface area contributed by atoms with Crippen molar-refractivity contribution in [1.29, 1.82) is 0 Å². The van der Waals surface area contributed by atoms with Crippen molar-refractivity contribution in [3.8, 4) is 0 Å². The normalized spacial score (nSPS) is 16.0. The second-order valence-corrected chi connectivity index (χ2v) is 7.19. The predicted octanol–water partition coefficient (Wildman–Crippen LogP) is 5.43. The smallest absolute Gasteiger partial charge is 0.229 e. The number of para-hydroxylation sites is 1. The molecule has 0 saturated carbocycles. The van der Waals surface area contributed by atoms with Gasteiger partial charge in [-0.15, -0.1) is 0 Å². The topological polar surface area (TPSA) is 41.1 Å². The molecule has 0 bridgehead atoms. The van der Waals surface area contributed by atoms with Crippen LogP contribution in [-0.2, 0) is 6.42 Å². The van der Waals surface area contributed by atoms with E-state index in [1.807, 2.05) is 12.3 Å². The molecule has 1 aliphatic heterocycles. The lowest BCUT2D eigenvalue weighted by Crippen LogP contribution is -2.25. The van der Waals surface area contributed by atoms with E-state index in [0.29, 0.717) is 17.9 Å². The van der Waals surface area contributed by atoms with E-state index in [4.69, 9.17) is 4.98 Å². The van der Waals surface area contributed by atoms with Crippen LogP contribution in [0.3, 0.4) is 0 Å². The number of benzene rings is 2. The Hall–Kier alpha value is -2.88. The van der Waals surface area contributed by atoms with Crippen molar-refractivity contribution in [2.24, 2.45) is 0 Å². The average molecular weight is 344 g/mol. The first-order valence-electron chi connectivity index (χ1n) is 9.19. The van der Waals surface area contributed by atoms with Gasteiger partial charge in [0.2, 0.25) is 5.95 Å². The van der Waals surface area contributed by atoms with Crippen LogP contribution in [0.2, 0.25) is 0 Å². The molecule has 1 aliphatic rings. The van der Waals surface area contributed by atoms with E-state index in [1.54, 1.807) is 0 Å². The summed E-state index contributed by atoms with van der Waals surface area (Å²) in [6.07, 6.45) is 2.86. The van der Waals surface area contributed by atoms with Crippen LogP contribution in [0, 0.1) is 0 Å². The maximum atomic E-state index is 4.76. The number of anilines is 4. The van der Waals surface area contributed by atoms with Gasteiger partial charge in [0, 0.05) is 23.6 Å². The summed E-state index contributed by atoms with van der Waals surface area (Å²) in [6, 6.07) is 19.4. The monoisotopic (exact) mass is 344 g/mol. The van der Waals surface area contributed by atoms with Gasteiger partial charge < -0.3 is 10.2 Å². The minimum Gasteiger partial charge on any atom is -0.324 e. The Labute approximate surface area is 154 Å². The average Bonchev–Trinajstić information content (AvgIpc) is 2.98. The van der Waals surface area contributed by atoms with Crippen LogP contribution in [0.4, 0.5) is 23.1 Å². The minimum absolute atomic E-state index is 0.389. The lowest BCUT2D eigenvalue weighted by Gasteiger charge is -2.24. The quantitative estimate of drug-likeness (QED) is 0.685. The Bertz CT molecular complexity index is 902. The summed E-state index contributed by atoms with van der Waals surface area (Å²) in [6.45, 7) is 6.63. The highest BCUT2D eigenvalue weighted by atomic mass is 15.3. The molecule has 132 valence electrons. The third-order valence-electron chi connectivity index (χ3n) is 4.93. The summed E-state index contributed by atoms with van der Waals surface area (Å²) < 4.78 is 0. The van der Waals surface area contributed by atoms with Crippen LogP contribution in [0.25, 0.3) is 0 Å². The lowest BCUT2D eigenvalue weighted by molar-refractivity contribution is 0.749. The highest BCUT2D eigenvalue weighted by Crippen LogP contribution is 2.37.